The van der Waals surface area contributed by atoms with Gasteiger partial charge in [0.1, 0.15) is 0 Å². The quantitative estimate of drug-likeness (QED) is 0.466. The zero-order chi connectivity index (χ0) is 21.6. The minimum absolute atomic E-state index is 0.0433. The van der Waals surface area contributed by atoms with Gasteiger partial charge in [0.05, 0.1) is 6.42 Å². The standard InChI is InChI=1S/C24H21N3O4/c1-16(13-23(28)25-20-11-12-21-22(14-20)31-15-30-21)26-27-24(29)19-9-7-18(8-10-19)17-5-3-2-4-6-17/h2-12,14H,13,15H2,1H3,(H,25,28)(H,27,29)/b26-16+. The molecule has 3 aromatic rings. The van der Waals surface area contributed by atoms with E-state index in [0.717, 1.165) is 11.1 Å². The van der Waals surface area contributed by atoms with E-state index < -0.39 is 0 Å². The number of fused-ring (bicyclic) bond motifs is 1. The summed E-state index contributed by atoms with van der Waals surface area (Å²) in [5.74, 6) is 0.653. The molecule has 3 aromatic carbocycles. The molecule has 31 heavy (non-hydrogen) atoms. The first-order chi connectivity index (χ1) is 15.1. The highest BCUT2D eigenvalue weighted by molar-refractivity contribution is 6.06. The molecule has 1 aliphatic heterocycles. The average molecular weight is 415 g/mol. The highest BCUT2D eigenvalue weighted by Crippen LogP contribution is 2.34. The largest absolute Gasteiger partial charge is 0.454 e. The van der Waals surface area contributed by atoms with Crippen LogP contribution in [-0.4, -0.2) is 24.3 Å². The summed E-state index contributed by atoms with van der Waals surface area (Å²) in [6, 6.07) is 22.4. The van der Waals surface area contributed by atoms with E-state index in [1.165, 1.54) is 0 Å². The minimum atomic E-state index is -0.338. The summed E-state index contributed by atoms with van der Waals surface area (Å²) in [6.07, 6.45) is 0.0433. The van der Waals surface area contributed by atoms with Gasteiger partial charge in [-0.05, 0) is 42.3 Å². The number of benzene rings is 3. The van der Waals surface area contributed by atoms with E-state index in [2.05, 4.69) is 15.8 Å². The Morgan fingerprint density at radius 2 is 1.61 bits per heavy atom. The van der Waals surface area contributed by atoms with Crippen molar-refractivity contribution in [2.75, 3.05) is 12.1 Å². The Kier molecular flexibility index (Phi) is 5.93. The van der Waals surface area contributed by atoms with Gasteiger partial charge in [-0.1, -0.05) is 42.5 Å². The van der Waals surface area contributed by atoms with Crippen molar-refractivity contribution in [1.82, 2.24) is 5.43 Å². The molecule has 0 radical (unpaired) electrons. The van der Waals surface area contributed by atoms with Gasteiger partial charge in [0.15, 0.2) is 11.5 Å². The van der Waals surface area contributed by atoms with Crippen LogP contribution in [0.2, 0.25) is 0 Å². The number of carbonyl (C=O) groups is 2. The molecule has 0 saturated heterocycles. The van der Waals surface area contributed by atoms with Crippen LogP contribution in [0.3, 0.4) is 0 Å². The monoisotopic (exact) mass is 415 g/mol. The van der Waals surface area contributed by atoms with Crippen molar-refractivity contribution >= 4 is 23.2 Å². The smallest absolute Gasteiger partial charge is 0.271 e. The highest BCUT2D eigenvalue weighted by Gasteiger charge is 2.14. The van der Waals surface area contributed by atoms with Crippen LogP contribution in [0.4, 0.5) is 5.69 Å². The van der Waals surface area contributed by atoms with E-state index in [4.69, 9.17) is 9.47 Å². The van der Waals surface area contributed by atoms with Crippen molar-refractivity contribution in [2.24, 2.45) is 5.10 Å². The number of hydrogen-bond donors (Lipinski definition) is 2. The second-order valence-electron chi connectivity index (χ2n) is 7.02. The molecule has 0 aromatic heterocycles. The second kappa shape index (κ2) is 9.13. The van der Waals surface area contributed by atoms with Gasteiger partial charge in [-0.3, -0.25) is 9.59 Å². The molecule has 1 aliphatic rings. The number of anilines is 1. The lowest BCUT2D eigenvalue weighted by Gasteiger charge is -2.07. The zero-order valence-electron chi connectivity index (χ0n) is 16.9. The fourth-order valence-corrected chi connectivity index (χ4v) is 3.11. The Morgan fingerprint density at radius 3 is 2.39 bits per heavy atom. The third kappa shape index (κ3) is 5.08. The van der Waals surface area contributed by atoms with Crippen LogP contribution < -0.4 is 20.2 Å². The number of nitrogens with one attached hydrogen (secondary N) is 2. The van der Waals surface area contributed by atoms with E-state index in [1.807, 2.05) is 42.5 Å². The third-order valence-corrected chi connectivity index (χ3v) is 4.68. The summed E-state index contributed by atoms with van der Waals surface area (Å²) in [6.45, 7) is 1.85. The molecule has 0 saturated carbocycles. The molecule has 156 valence electrons. The predicted octanol–water partition coefficient (Wildman–Crippen LogP) is 4.22. The maximum Gasteiger partial charge on any atom is 0.271 e. The third-order valence-electron chi connectivity index (χ3n) is 4.68. The van der Waals surface area contributed by atoms with Gasteiger partial charge in [0, 0.05) is 23.0 Å². The minimum Gasteiger partial charge on any atom is -0.454 e. The molecule has 0 aliphatic carbocycles. The summed E-state index contributed by atoms with van der Waals surface area (Å²) in [5, 5.41) is 6.81. The molecule has 7 heteroatoms. The lowest BCUT2D eigenvalue weighted by atomic mass is 10.0. The van der Waals surface area contributed by atoms with E-state index in [-0.39, 0.29) is 25.0 Å². The topological polar surface area (TPSA) is 89.0 Å². The first-order valence-corrected chi connectivity index (χ1v) is 9.77. The molecule has 0 unspecified atom stereocenters. The summed E-state index contributed by atoms with van der Waals surface area (Å²) in [7, 11) is 0. The average Bonchev–Trinajstić information content (AvgIpc) is 3.26. The van der Waals surface area contributed by atoms with E-state index >= 15 is 0 Å². The Morgan fingerprint density at radius 1 is 0.903 bits per heavy atom. The van der Waals surface area contributed by atoms with Crippen LogP contribution in [0, 0.1) is 0 Å². The number of carbonyl (C=O) groups excluding carboxylic acids is 2. The van der Waals surface area contributed by atoms with Gasteiger partial charge in [-0.15, -0.1) is 0 Å². The van der Waals surface area contributed by atoms with Crippen LogP contribution in [0.25, 0.3) is 11.1 Å². The molecule has 2 amide bonds. The number of rotatable bonds is 6. The molecule has 4 rings (SSSR count). The van der Waals surface area contributed by atoms with Crippen molar-refractivity contribution in [1.29, 1.82) is 0 Å². The Labute approximate surface area is 179 Å². The number of nitrogens with zero attached hydrogens (tertiary/aromatic N) is 1. The Hall–Kier alpha value is -4.13. The first-order valence-electron chi connectivity index (χ1n) is 9.77. The van der Waals surface area contributed by atoms with Gasteiger partial charge in [0.25, 0.3) is 5.91 Å². The molecular weight excluding hydrogens is 394 g/mol. The van der Waals surface area contributed by atoms with Crippen molar-refractivity contribution in [3.05, 3.63) is 78.4 Å². The molecule has 0 fully saturated rings. The fraction of sp³-hybridized carbons (Fsp3) is 0.125. The van der Waals surface area contributed by atoms with Crippen molar-refractivity contribution in [3.63, 3.8) is 0 Å². The number of ether oxygens (including phenoxy) is 2. The predicted molar refractivity (Wildman–Crippen MR) is 118 cm³/mol. The van der Waals surface area contributed by atoms with E-state index in [1.54, 1.807) is 37.3 Å². The zero-order valence-corrected chi connectivity index (χ0v) is 16.9. The number of amides is 2. The van der Waals surface area contributed by atoms with Gasteiger partial charge < -0.3 is 14.8 Å². The highest BCUT2D eigenvalue weighted by atomic mass is 16.7. The molecular formula is C24H21N3O4. The summed E-state index contributed by atoms with van der Waals surface area (Å²) in [5.41, 5.74) is 6.17. The second-order valence-corrected chi connectivity index (χ2v) is 7.02. The van der Waals surface area contributed by atoms with Crippen LogP contribution >= 0.6 is 0 Å². The Bertz CT molecular complexity index is 1130. The number of hydrazone groups is 1. The van der Waals surface area contributed by atoms with Crippen molar-refractivity contribution < 1.29 is 19.1 Å². The summed E-state index contributed by atoms with van der Waals surface area (Å²) >= 11 is 0. The van der Waals surface area contributed by atoms with Crippen LogP contribution in [-0.2, 0) is 4.79 Å². The van der Waals surface area contributed by atoms with Crippen LogP contribution in [0.5, 0.6) is 11.5 Å². The van der Waals surface area contributed by atoms with Crippen molar-refractivity contribution in [2.45, 2.75) is 13.3 Å². The molecule has 0 atom stereocenters. The lowest BCUT2D eigenvalue weighted by Crippen LogP contribution is -2.21. The lowest BCUT2D eigenvalue weighted by molar-refractivity contribution is -0.115. The van der Waals surface area contributed by atoms with E-state index in [9.17, 15) is 9.59 Å². The summed E-state index contributed by atoms with van der Waals surface area (Å²) in [4.78, 5) is 24.6. The van der Waals surface area contributed by atoms with Crippen LogP contribution in [0.15, 0.2) is 77.9 Å². The van der Waals surface area contributed by atoms with Crippen LogP contribution in [0.1, 0.15) is 23.7 Å². The summed E-state index contributed by atoms with van der Waals surface area (Å²) < 4.78 is 10.5. The normalized spacial score (nSPS) is 12.4. The maximum atomic E-state index is 12.3. The fourth-order valence-electron chi connectivity index (χ4n) is 3.11. The van der Waals surface area contributed by atoms with Gasteiger partial charge >= 0.3 is 0 Å². The van der Waals surface area contributed by atoms with Gasteiger partial charge in [-0.25, -0.2) is 5.43 Å². The number of hydrogen-bond acceptors (Lipinski definition) is 5. The molecule has 1 heterocycles. The van der Waals surface area contributed by atoms with Gasteiger partial charge in [0.2, 0.25) is 12.7 Å². The molecule has 0 bridgehead atoms. The molecule has 7 nitrogen and oxygen atoms in total. The molecule has 0 spiro atoms. The van der Waals surface area contributed by atoms with Gasteiger partial charge in [-0.2, -0.15) is 5.10 Å². The maximum absolute atomic E-state index is 12.3. The Balaban J connectivity index is 1.30. The first kappa shape index (κ1) is 20.2. The SMILES string of the molecule is C/C(CC(=O)Nc1ccc2c(c1)OCO2)=N\NC(=O)c1ccc(-c2ccccc2)cc1. The van der Waals surface area contributed by atoms with E-state index in [0.29, 0.717) is 28.5 Å². The molecule has 2 N–H and O–H groups in total. The van der Waals surface area contributed by atoms with Crippen molar-refractivity contribution in [3.8, 4) is 22.6 Å².